The summed E-state index contributed by atoms with van der Waals surface area (Å²) >= 11 is 0. The van der Waals surface area contributed by atoms with Gasteiger partial charge in [-0.05, 0) is 24.0 Å². The topological polar surface area (TPSA) is 97.1 Å². The maximum Gasteiger partial charge on any atom is 0.243 e. The van der Waals surface area contributed by atoms with Crippen molar-refractivity contribution in [3.8, 4) is 11.3 Å². The van der Waals surface area contributed by atoms with Crippen molar-refractivity contribution in [3.05, 3.63) is 71.9 Å². The molecule has 0 saturated heterocycles. The van der Waals surface area contributed by atoms with Crippen molar-refractivity contribution in [1.82, 2.24) is 20.5 Å². The highest BCUT2D eigenvalue weighted by Gasteiger charge is 2.07. The maximum absolute atomic E-state index is 12.2. The normalized spacial score (nSPS) is 10.7. The first-order chi connectivity index (χ1) is 15.1. The standard InChI is InChI=1S/C24H28N4O3/c29-22(10-6-1-2-7-11-24(30)26-31)16-19-12-14-21(15-13-19)23-18-28(27-25-23)17-20-8-4-3-5-9-20/h3-5,8-9,12-15,18,31H,1-2,6-7,10-11,16-17H2,(H,26,30). The third-order valence-corrected chi connectivity index (χ3v) is 5.11. The third-order valence-electron chi connectivity index (χ3n) is 5.11. The molecule has 0 aliphatic rings. The van der Waals surface area contributed by atoms with E-state index in [0.717, 1.165) is 42.5 Å². The number of hydroxylamine groups is 1. The van der Waals surface area contributed by atoms with Gasteiger partial charge in [0.05, 0.1) is 12.7 Å². The van der Waals surface area contributed by atoms with Gasteiger partial charge in [0, 0.05) is 24.8 Å². The molecule has 0 radical (unpaired) electrons. The minimum absolute atomic E-state index is 0.217. The summed E-state index contributed by atoms with van der Waals surface area (Å²) in [7, 11) is 0. The second-order valence-electron chi connectivity index (χ2n) is 7.65. The molecule has 3 aromatic rings. The van der Waals surface area contributed by atoms with E-state index in [-0.39, 0.29) is 11.7 Å². The number of benzene rings is 2. The fraction of sp³-hybridized carbons (Fsp3) is 0.333. The molecule has 2 N–H and O–H groups in total. The molecule has 1 aromatic heterocycles. The molecule has 31 heavy (non-hydrogen) atoms. The van der Waals surface area contributed by atoms with Gasteiger partial charge in [-0.25, -0.2) is 10.2 Å². The molecule has 0 aliphatic heterocycles. The number of Topliss-reactive ketones (excluding diaryl/α,β-unsaturated/α-hetero) is 1. The Labute approximate surface area is 182 Å². The van der Waals surface area contributed by atoms with Crippen LogP contribution in [0.15, 0.2) is 60.8 Å². The number of carbonyl (C=O) groups excluding carboxylic acids is 2. The molecule has 0 bridgehead atoms. The number of unbranched alkanes of at least 4 members (excludes halogenated alkanes) is 3. The van der Waals surface area contributed by atoms with Crippen molar-refractivity contribution in [3.63, 3.8) is 0 Å². The van der Waals surface area contributed by atoms with Crippen LogP contribution in [0.25, 0.3) is 11.3 Å². The summed E-state index contributed by atoms with van der Waals surface area (Å²) in [4.78, 5) is 23.1. The zero-order chi connectivity index (χ0) is 21.9. The molecule has 0 atom stereocenters. The number of nitrogens with zero attached hydrogens (tertiary/aromatic N) is 3. The maximum atomic E-state index is 12.2. The van der Waals surface area contributed by atoms with Crippen LogP contribution in [0.4, 0.5) is 0 Å². The Morgan fingerprint density at radius 2 is 1.58 bits per heavy atom. The van der Waals surface area contributed by atoms with Gasteiger partial charge in [-0.3, -0.25) is 14.8 Å². The van der Waals surface area contributed by atoms with Crippen LogP contribution >= 0.6 is 0 Å². The van der Waals surface area contributed by atoms with E-state index in [1.54, 1.807) is 5.48 Å². The summed E-state index contributed by atoms with van der Waals surface area (Å²) in [6.45, 7) is 0.676. The van der Waals surface area contributed by atoms with E-state index < -0.39 is 0 Å². The lowest BCUT2D eigenvalue weighted by Crippen LogP contribution is -2.17. The van der Waals surface area contributed by atoms with Crippen LogP contribution in [0.3, 0.4) is 0 Å². The number of rotatable bonds is 12. The number of ketones is 1. The molecule has 162 valence electrons. The van der Waals surface area contributed by atoms with E-state index in [1.165, 1.54) is 5.56 Å². The Hall–Kier alpha value is -3.32. The van der Waals surface area contributed by atoms with Crippen molar-refractivity contribution in [2.75, 3.05) is 0 Å². The van der Waals surface area contributed by atoms with E-state index >= 15 is 0 Å². The average molecular weight is 421 g/mol. The molecule has 0 aliphatic carbocycles. The smallest absolute Gasteiger partial charge is 0.243 e. The molecule has 0 fully saturated rings. The first-order valence-electron chi connectivity index (χ1n) is 10.6. The first kappa shape index (κ1) is 22.4. The second-order valence-corrected chi connectivity index (χ2v) is 7.65. The Morgan fingerprint density at radius 3 is 2.29 bits per heavy atom. The number of hydrogen-bond donors (Lipinski definition) is 2. The average Bonchev–Trinajstić information content (AvgIpc) is 3.25. The quantitative estimate of drug-likeness (QED) is 0.263. The Balaban J connectivity index is 1.42. The molecule has 2 aromatic carbocycles. The lowest BCUT2D eigenvalue weighted by Gasteiger charge is -2.04. The Kier molecular flexibility index (Phi) is 8.48. The fourth-order valence-corrected chi connectivity index (χ4v) is 3.41. The van der Waals surface area contributed by atoms with Gasteiger partial charge in [0.2, 0.25) is 5.91 Å². The molecule has 7 heteroatoms. The number of aromatic nitrogens is 3. The van der Waals surface area contributed by atoms with E-state index in [2.05, 4.69) is 22.4 Å². The summed E-state index contributed by atoms with van der Waals surface area (Å²) < 4.78 is 1.82. The number of nitrogens with one attached hydrogen (secondary N) is 1. The molecule has 7 nitrogen and oxygen atoms in total. The summed E-state index contributed by atoms with van der Waals surface area (Å²) in [5.74, 6) is -0.145. The third kappa shape index (κ3) is 7.46. The van der Waals surface area contributed by atoms with Gasteiger partial charge >= 0.3 is 0 Å². The Morgan fingerprint density at radius 1 is 0.871 bits per heavy atom. The van der Waals surface area contributed by atoms with Crippen LogP contribution in [-0.2, 0) is 22.6 Å². The molecular formula is C24H28N4O3. The van der Waals surface area contributed by atoms with Crippen LogP contribution in [0.5, 0.6) is 0 Å². The molecule has 0 spiro atoms. The molecule has 1 amide bonds. The van der Waals surface area contributed by atoms with Crippen LogP contribution in [0, 0.1) is 0 Å². The minimum Gasteiger partial charge on any atom is -0.299 e. The molecule has 0 unspecified atom stereocenters. The van der Waals surface area contributed by atoms with Crippen LogP contribution in [0.1, 0.15) is 49.7 Å². The minimum atomic E-state index is -0.363. The van der Waals surface area contributed by atoms with Gasteiger partial charge in [-0.1, -0.05) is 72.7 Å². The molecule has 0 saturated carbocycles. The van der Waals surface area contributed by atoms with Gasteiger partial charge in [0.15, 0.2) is 0 Å². The van der Waals surface area contributed by atoms with Crippen molar-refractivity contribution in [1.29, 1.82) is 0 Å². The first-order valence-corrected chi connectivity index (χ1v) is 10.6. The largest absolute Gasteiger partial charge is 0.299 e. The van der Waals surface area contributed by atoms with Crippen LogP contribution in [-0.4, -0.2) is 31.9 Å². The van der Waals surface area contributed by atoms with Gasteiger partial charge in [-0.15, -0.1) is 5.10 Å². The molecule has 3 rings (SSSR count). The highest BCUT2D eigenvalue weighted by atomic mass is 16.5. The van der Waals surface area contributed by atoms with Crippen molar-refractivity contribution in [2.45, 2.75) is 51.5 Å². The number of amides is 1. The fourth-order valence-electron chi connectivity index (χ4n) is 3.41. The molecule has 1 heterocycles. The van der Waals surface area contributed by atoms with Crippen LogP contribution in [0.2, 0.25) is 0 Å². The summed E-state index contributed by atoms with van der Waals surface area (Å²) in [5, 5.41) is 16.9. The Bertz CT molecular complexity index is 968. The molecular weight excluding hydrogens is 392 g/mol. The predicted molar refractivity (Wildman–Crippen MR) is 117 cm³/mol. The zero-order valence-corrected chi connectivity index (χ0v) is 17.5. The summed E-state index contributed by atoms with van der Waals surface area (Å²) in [6, 6.07) is 18.0. The van der Waals surface area contributed by atoms with Gasteiger partial charge in [0.25, 0.3) is 0 Å². The summed E-state index contributed by atoms with van der Waals surface area (Å²) in [5.41, 5.74) is 5.57. The monoisotopic (exact) mass is 420 g/mol. The van der Waals surface area contributed by atoms with Crippen molar-refractivity contribution in [2.24, 2.45) is 0 Å². The highest BCUT2D eigenvalue weighted by Crippen LogP contribution is 2.18. The van der Waals surface area contributed by atoms with E-state index in [4.69, 9.17) is 5.21 Å². The number of hydrogen-bond acceptors (Lipinski definition) is 5. The lowest BCUT2D eigenvalue weighted by atomic mass is 10.0. The second kappa shape index (κ2) is 11.8. The highest BCUT2D eigenvalue weighted by molar-refractivity contribution is 5.81. The van der Waals surface area contributed by atoms with Crippen molar-refractivity contribution < 1.29 is 14.8 Å². The van der Waals surface area contributed by atoms with Gasteiger partial charge < -0.3 is 0 Å². The van der Waals surface area contributed by atoms with Gasteiger partial charge in [0.1, 0.15) is 11.5 Å². The zero-order valence-electron chi connectivity index (χ0n) is 17.5. The van der Waals surface area contributed by atoms with E-state index in [9.17, 15) is 9.59 Å². The van der Waals surface area contributed by atoms with Crippen molar-refractivity contribution >= 4 is 11.7 Å². The van der Waals surface area contributed by atoms with E-state index in [1.807, 2.05) is 53.3 Å². The lowest BCUT2D eigenvalue weighted by molar-refractivity contribution is -0.129. The van der Waals surface area contributed by atoms with E-state index in [0.29, 0.717) is 25.8 Å². The SMILES string of the molecule is O=C(CCCCCCC(=O)NO)Cc1ccc(-c2cn(Cc3ccccc3)nn2)cc1. The summed E-state index contributed by atoms with van der Waals surface area (Å²) in [6.07, 6.45) is 6.53. The predicted octanol–water partition coefficient (Wildman–Crippen LogP) is 3.95. The number of carbonyl (C=O) groups is 2. The van der Waals surface area contributed by atoms with Crippen LogP contribution < -0.4 is 5.48 Å². The van der Waals surface area contributed by atoms with Gasteiger partial charge in [-0.2, -0.15) is 0 Å².